The fourth-order valence-corrected chi connectivity index (χ4v) is 3.88. The summed E-state index contributed by atoms with van der Waals surface area (Å²) >= 11 is 0. The lowest BCUT2D eigenvalue weighted by Crippen LogP contribution is -2.32. The molecular formula is C26H55N2. The first-order chi connectivity index (χ1) is 13.8. The van der Waals surface area contributed by atoms with Gasteiger partial charge in [0.25, 0.3) is 0 Å². The first kappa shape index (κ1) is 27.9. The van der Waals surface area contributed by atoms with Gasteiger partial charge < -0.3 is 0 Å². The van der Waals surface area contributed by atoms with Gasteiger partial charge in [-0.05, 0) is 32.4 Å². The lowest BCUT2D eigenvalue weighted by Gasteiger charge is -2.22. The van der Waals surface area contributed by atoms with Crippen molar-refractivity contribution in [3.8, 4) is 0 Å². The van der Waals surface area contributed by atoms with E-state index < -0.39 is 0 Å². The maximum atomic E-state index is 4.83. The first-order valence-electron chi connectivity index (χ1n) is 13.2. The summed E-state index contributed by atoms with van der Waals surface area (Å²) in [6.45, 7) is 11.5. The SMILES string of the molecule is CCCCCCCCCCN(CCCCCCCCCC)C[N]CCCCC. The van der Waals surface area contributed by atoms with Crippen molar-refractivity contribution in [1.29, 1.82) is 0 Å². The van der Waals surface area contributed by atoms with Crippen molar-refractivity contribution in [3.63, 3.8) is 0 Å². The van der Waals surface area contributed by atoms with Crippen LogP contribution >= 0.6 is 0 Å². The van der Waals surface area contributed by atoms with Gasteiger partial charge in [-0.25, -0.2) is 5.32 Å². The second kappa shape index (κ2) is 25.0. The predicted molar refractivity (Wildman–Crippen MR) is 128 cm³/mol. The quantitative estimate of drug-likeness (QED) is 0.150. The molecule has 0 saturated carbocycles. The fourth-order valence-electron chi connectivity index (χ4n) is 3.88. The van der Waals surface area contributed by atoms with E-state index in [0.717, 1.165) is 13.2 Å². The minimum Gasteiger partial charge on any atom is -0.289 e. The van der Waals surface area contributed by atoms with E-state index in [2.05, 4.69) is 25.7 Å². The molecule has 28 heavy (non-hydrogen) atoms. The maximum absolute atomic E-state index is 4.83. The van der Waals surface area contributed by atoms with E-state index >= 15 is 0 Å². The van der Waals surface area contributed by atoms with Crippen molar-refractivity contribution in [2.24, 2.45) is 0 Å². The molecule has 0 aliphatic heterocycles. The van der Waals surface area contributed by atoms with Crippen molar-refractivity contribution in [2.75, 3.05) is 26.3 Å². The van der Waals surface area contributed by atoms with Crippen LogP contribution in [0.4, 0.5) is 0 Å². The van der Waals surface area contributed by atoms with Crippen LogP contribution in [0.15, 0.2) is 0 Å². The zero-order chi connectivity index (χ0) is 20.5. The van der Waals surface area contributed by atoms with Crippen molar-refractivity contribution in [3.05, 3.63) is 0 Å². The Morgan fingerprint density at radius 1 is 0.429 bits per heavy atom. The number of nitrogens with zero attached hydrogens (tertiary/aromatic N) is 2. The summed E-state index contributed by atoms with van der Waals surface area (Å²) in [5, 5.41) is 4.83. The Kier molecular flexibility index (Phi) is 24.9. The smallest absolute Gasteiger partial charge is 0.0648 e. The maximum Gasteiger partial charge on any atom is 0.0648 e. The van der Waals surface area contributed by atoms with Gasteiger partial charge in [0.2, 0.25) is 0 Å². The lowest BCUT2D eigenvalue weighted by atomic mass is 10.1. The Morgan fingerprint density at radius 3 is 1.21 bits per heavy atom. The van der Waals surface area contributed by atoms with Crippen LogP contribution in [-0.4, -0.2) is 31.2 Å². The average Bonchev–Trinajstić information content (AvgIpc) is 2.71. The average molecular weight is 396 g/mol. The van der Waals surface area contributed by atoms with Gasteiger partial charge in [-0.2, -0.15) is 0 Å². The van der Waals surface area contributed by atoms with E-state index in [4.69, 9.17) is 5.32 Å². The molecular weight excluding hydrogens is 340 g/mol. The summed E-state index contributed by atoms with van der Waals surface area (Å²) in [5.41, 5.74) is 0. The van der Waals surface area contributed by atoms with Gasteiger partial charge in [0.05, 0.1) is 6.67 Å². The molecule has 0 heterocycles. The van der Waals surface area contributed by atoms with Gasteiger partial charge in [-0.3, -0.25) is 4.90 Å². The molecule has 0 aliphatic rings. The Morgan fingerprint density at radius 2 is 0.786 bits per heavy atom. The topological polar surface area (TPSA) is 17.3 Å². The third-order valence-corrected chi connectivity index (χ3v) is 5.88. The van der Waals surface area contributed by atoms with Crippen LogP contribution in [0.25, 0.3) is 0 Å². The highest BCUT2D eigenvalue weighted by Crippen LogP contribution is 2.11. The molecule has 0 aliphatic carbocycles. The second-order valence-electron chi connectivity index (χ2n) is 8.86. The van der Waals surface area contributed by atoms with Crippen molar-refractivity contribution in [1.82, 2.24) is 10.2 Å². The Labute approximate surface area is 179 Å². The molecule has 0 aromatic carbocycles. The van der Waals surface area contributed by atoms with E-state index in [0.29, 0.717) is 0 Å². The summed E-state index contributed by atoms with van der Waals surface area (Å²) in [4.78, 5) is 2.64. The van der Waals surface area contributed by atoms with Gasteiger partial charge in [0.1, 0.15) is 0 Å². The summed E-state index contributed by atoms with van der Waals surface area (Å²) in [6, 6.07) is 0. The molecule has 1 radical (unpaired) electrons. The normalized spacial score (nSPS) is 11.6. The largest absolute Gasteiger partial charge is 0.289 e. The molecule has 2 nitrogen and oxygen atoms in total. The van der Waals surface area contributed by atoms with Gasteiger partial charge >= 0.3 is 0 Å². The van der Waals surface area contributed by atoms with Gasteiger partial charge in [0, 0.05) is 6.54 Å². The van der Waals surface area contributed by atoms with Crippen LogP contribution in [0.5, 0.6) is 0 Å². The summed E-state index contributed by atoms with van der Waals surface area (Å²) in [6.07, 6.45) is 26.6. The Bertz CT molecular complexity index is 247. The fraction of sp³-hybridized carbons (Fsp3) is 1.00. The van der Waals surface area contributed by atoms with Gasteiger partial charge in [-0.15, -0.1) is 0 Å². The molecule has 2 heteroatoms. The Balaban J connectivity index is 3.75. The monoisotopic (exact) mass is 395 g/mol. The molecule has 0 rings (SSSR count). The van der Waals surface area contributed by atoms with Gasteiger partial charge in [-0.1, -0.05) is 124 Å². The molecule has 0 spiro atoms. The highest BCUT2D eigenvalue weighted by atomic mass is 15.2. The zero-order valence-electron chi connectivity index (χ0n) is 20.2. The van der Waals surface area contributed by atoms with Crippen molar-refractivity contribution in [2.45, 2.75) is 143 Å². The van der Waals surface area contributed by atoms with E-state index in [1.54, 1.807) is 0 Å². The third-order valence-electron chi connectivity index (χ3n) is 5.88. The van der Waals surface area contributed by atoms with Crippen LogP contribution < -0.4 is 5.32 Å². The summed E-state index contributed by atoms with van der Waals surface area (Å²) in [7, 11) is 0. The third kappa shape index (κ3) is 22.2. The first-order valence-corrected chi connectivity index (χ1v) is 13.2. The highest BCUT2D eigenvalue weighted by molar-refractivity contribution is 4.59. The summed E-state index contributed by atoms with van der Waals surface area (Å²) < 4.78 is 0. The van der Waals surface area contributed by atoms with E-state index in [-0.39, 0.29) is 0 Å². The molecule has 0 aromatic heterocycles. The van der Waals surface area contributed by atoms with Crippen LogP contribution in [0.1, 0.15) is 143 Å². The number of hydrogen-bond acceptors (Lipinski definition) is 1. The number of unbranched alkanes of at least 4 members (excludes halogenated alkanes) is 16. The van der Waals surface area contributed by atoms with Crippen molar-refractivity contribution < 1.29 is 0 Å². The summed E-state index contributed by atoms with van der Waals surface area (Å²) in [5.74, 6) is 0. The second-order valence-corrected chi connectivity index (χ2v) is 8.86. The lowest BCUT2D eigenvalue weighted by molar-refractivity contribution is 0.238. The van der Waals surface area contributed by atoms with Crippen LogP contribution in [0, 0.1) is 0 Å². The molecule has 0 atom stereocenters. The number of rotatable bonds is 24. The van der Waals surface area contributed by atoms with E-state index in [9.17, 15) is 0 Å². The highest BCUT2D eigenvalue weighted by Gasteiger charge is 2.05. The van der Waals surface area contributed by atoms with E-state index in [1.807, 2.05) is 0 Å². The molecule has 0 N–H and O–H groups in total. The number of hydrogen-bond donors (Lipinski definition) is 0. The molecule has 0 saturated heterocycles. The van der Waals surface area contributed by atoms with Crippen LogP contribution in [0.2, 0.25) is 0 Å². The minimum atomic E-state index is 0.983. The van der Waals surface area contributed by atoms with Crippen molar-refractivity contribution >= 4 is 0 Å². The standard InChI is InChI=1S/C26H55N2/c1-4-7-10-12-14-16-18-21-24-28(26-27-23-20-9-6-3)25-22-19-17-15-13-11-8-5-2/h4-26H2,1-3H3. The predicted octanol–water partition coefficient (Wildman–Crippen LogP) is 8.32. The molecule has 169 valence electrons. The molecule has 0 bridgehead atoms. The van der Waals surface area contributed by atoms with Crippen LogP contribution in [-0.2, 0) is 0 Å². The molecule has 0 fully saturated rings. The molecule has 0 aromatic rings. The van der Waals surface area contributed by atoms with Crippen LogP contribution in [0.3, 0.4) is 0 Å². The molecule has 0 unspecified atom stereocenters. The van der Waals surface area contributed by atoms with E-state index in [1.165, 1.54) is 135 Å². The minimum absolute atomic E-state index is 0.983. The zero-order valence-corrected chi connectivity index (χ0v) is 20.2. The Hall–Kier alpha value is -0.0800. The van der Waals surface area contributed by atoms with Gasteiger partial charge in [0.15, 0.2) is 0 Å². The molecule has 0 amide bonds.